The van der Waals surface area contributed by atoms with E-state index in [0.29, 0.717) is 11.7 Å². The monoisotopic (exact) mass is 207 g/mol. The van der Waals surface area contributed by atoms with Crippen molar-refractivity contribution in [3.8, 4) is 5.75 Å². The largest absolute Gasteiger partial charge is 0.508 e. The molecule has 84 valence electrons. The zero-order valence-corrected chi connectivity index (χ0v) is 10.0. The molecule has 0 aliphatic rings. The molecule has 2 heteroatoms. The third kappa shape index (κ3) is 2.51. The Morgan fingerprint density at radius 3 is 2.33 bits per heavy atom. The normalized spacial score (nSPS) is 13.2. The Bertz CT molecular complexity index is 345. The molecular weight excluding hydrogens is 186 g/mol. The average molecular weight is 207 g/mol. The molecule has 0 fully saturated rings. The first kappa shape index (κ1) is 12.1. The average Bonchev–Trinajstić information content (AvgIpc) is 2.16. The predicted octanol–water partition coefficient (Wildman–Crippen LogP) is 3.23. The van der Waals surface area contributed by atoms with Crippen LogP contribution < -0.4 is 5.73 Å². The molecule has 1 atom stereocenters. The van der Waals surface area contributed by atoms with Gasteiger partial charge in [0, 0.05) is 6.04 Å². The van der Waals surface area contributed by atoms with Crippen molar-refractivity contribution in [3.05, 3.63) is 28.8 Å². The molecule has 0 radical (unpaired) electrons. The Morgan fingerprint density at radius 1 is 1.27 bits per heavy atom. The van der Waals surface area contributed by atoms with E-state index < -0.39 is 0 Å². The van der Waals surface area contributed by atoms with Crippen molar-refractivity contribution in [1.29, 1.82) is 0 Å². The van der Waals surface area contributed by atoms with Crippen molar-refractivity contribution in [2.24, 2.45) is 5.73 Å². The minimum atomic E-state index is 0.0723. The first-order valence-electron chi connectivity index (χ1n) is 5.56. The summed E-state index contributed by atoms with van der Waals surface area (Å²) in [5.74, 6) is 0.711. The molecule has 0 aromatic heterocycles. The molecule has 0 aliphatic carbocycles. The summed E-state index contributed by atoms with van der Waals surface area (Å²) in [6.45, 7) is 8.22. The van der Waals surface area contributed by atoms with Crippen molar-refractivity contribution >= 4 is 0 Å². The second-order valence-electron chi connectivity index (χ2n) is 4.44. The van der Waals surface area contributed by atoms with E-state index in [0.717, 1.165) is 23.1 Å². The van der Waals surface area contributed by atoms with Gasteiger partial charge >= 0.3 is 0 Å². The van der Waals surface area contributed by atoms with Crippen LogP contribution in [0.1, 0.15) is 55.8 Å². The number of phenolic OH excluding ortho intramolecular Hbond substituents is 1. The van der Waals surface area contributed by atoms with Gasteiger partial charge in [0.15, 0.2) is 0 Å². The number of aryl methyl sites for hydroxylation is 1. The van der Waals surface area contributed by atoms with Gasteiger partial charge in [-0.1, -0.05) is 26.8 Å². The molecule has 0 saturated heterocycles. The molecule has 0 saturated carbocycles. The van der Waals surface area contributed by atoms with Crippen molar-refractivity contribution in [1.82, 2.24) is 0 Å². The highest BCUT2D eigenvalue weighted by Crippen LogP contribution is 2.31. The van der Waals surface area contributed by atoms with Gasteiger partial charge in [-0.25, -0.2) is 0 Å². The zero-order chi connectivity index (χ0) is 11.6. The van der Waals surface area contributed by atoms with Crippen LogP contribution in [-0.4, -0.2) is 5.11 Å². The first-order valence-corrected chi connectivity index (χ1v) is 5.56. The van der Waals surface area contributed by atoms with Gasteiger partial charge in [-0.15, -0.1) is 0 Å². The number of benzene rings is 1. The zero-order valence-electron chi connectivity index (χ0n) is 10.0. The van der Waals surface area contributed by atoms with Gasteiger partial charge in [-0.3, -0.25) is 0 Å². The van der Waals surface area contributed by atoms with Crippen molar-refractivity contribution in [2.45, 2.75) is 46.1 Å². The number of aromatic hydroxyl groups is 1. The standard InChI is InChI=1S/C13H21NO/c1-5-12(14)11-7-10(8(2)3)13(15)6-9(11)4/h6-8,12,15H,5,14H2,1-4H3. The Labute approximate surface area is 92.1 Å². The molecule has 0 amide bonds. The molecule has 1 aromatic rings. The highest BCUT2D eigenvalue weighted by Gasteiger charge is 2.13. The fourth-order valence-corrected chi connectivity index (χ4v) is 1.81. The van der Waals surface area contributed by atoms with Gasteiger partial charge in [-0.2, -0.15) is 0 Å². The van der Waals surface area contributed by atoms with Crippen LogP contribution in [0.2, 0.25) is 0 Å². The van der Waals surface area contributed by atoms with Crippen LogP contribution in [0.25, 0.3) is 0 Å². The molecule has 0 spiro atoms. The summed E-state index contributed by atoms with van der Waals surface area (Å²) in [6, 6.07) is 3.94. The lowest BCUT2D eigenvalue weighted by molar-refractivity contribution is 0.463. The van der Waals surface area contributed by atoms with Crippen LogP contribution >= 0.6 is 0 Å². The Balaban J connectivity index is 3.23. The molecule has 0 bridgehead atoms. The van der Waals surface area contributed by atoms with Gasteiger partial charge < -0.3 is 10.8 Å². The third-order valence-electron chi connectivity index (χ3n) is 2.88. The summed E-state index contributed by atoms with van der Waals surface area (Å²) in [6.07, 6.45) is 0.920. The molecule has 1 unspecified atom stereocenters. The van der Waals surface area contributed by atoms with Crippen LogP contribution in [0, 0.1) is 6.92 Å². The van der Waals surface area contributed by atoms with E-state index in [1.807, 2.05) is 19.1 Å². The Kier molecular flexibility index (Phi) is 3.75. The third-order valence-corrected chi connectivity index (χ3v) is 2.88. The Morgan fingerprint density at radius 2 is 1.87 bits per heavy atom. The summed E-state index contributed by atoms with van der Waals surface area (Å²) < 4.78 is 0. The smallest absolute Gasteiger partial charge is 0.119 e. The van der Waals surface area contributed by atoms with Crippen LogP contribution in [0.15, 0.2) is 12.1 Å². The van der Waals surface area contributed by atoms with Gasteiger partial charge in [0.25, 0.3) is 0 Å². The van der Waals surface area contributed by atoms with E-state index in [2.05, 4.69) is 20.8 Å². The summed E-state index contributed by atoms with van der Waals surface area (Å²) in [5, 5.41) is 9.80. The number of hydrogen-bond donors (Lipinski definition) is 2. The van der Waals surface area contributed by atoms with E-state index in [-0.39, 0.29) is 6.04 Å². The van der Waals surface area contributed by atoms with Crippen LogP contribution in [0.4, 0.5) is 0 Å². The molecule has 2 nitrogen and oxygen atoms in total. The molecule has 3 N–H and O–H groups in total. The van der Waals surface area contributed by atoms with Crippen molar-refractivity contribution in [3.63, 3.8) is 0 Å². The molecule has 0 aliphatic heterocycles. The molecule has 0 heterocycles. The summed E-state index contributed by atoms with van der Waals surface area (Å²) >= 11 is 0. The van der Waals surface area contributed by atoms with E-state index in [1.54, 1.807) is 0 Å². The predicted molar refractivity (Wildman–Crippen MR) is 64.2 cm³/mol. The second kappa shape index (κ2) is 4.67. The van der Waals surface area contributed by atoms with Gasteiger partial charge in [0.2, 0.25) is 0 Å². The summed E-state index contributed by atoms with van der Waals surface area (Å²) in [4.78, 5) is 0. The first-order chi connectivity index (χ1) is 6.97. The summed E-state index contributed by atoms with van der Waals surface area (Å²) in [7, 11) is 0. The lowest BCUT2D eigenvalue weighted by atomic mass is 9.92. The number of nitrogens with two attached hydrogens (primary N) is 1. The fourth-order valence-electron chi connectivity index (χ4n) is 1.81. The van der Waals surface area contributed by atoms with E-state index in [4.69, 9.17) is 5.73 Å². The quantitative estimate of drug-likeness (QED) is 0.799. The SMILES string of the molecule is CCC(N)c1cc(C(C)C)c(O)cc1C. The van der Waals surface area contributed by atoms with Crippen LogP contribution in [0.3, 0.4) is 0 Å². The topological polar surface area (TPSA) is 46.2 Å². The van der Waals surface area contributed by atoms with Gasteiger partial charge in [0.1, 0.15) is 5.75 Å². The van der Waals surface area contributed by atoms with Gasteiger partial charge in [0.05, 0.1) is 0 Å². The maximum Gasteiger partial charge on any atom is 0.119 e. The minimum Gasteiger partial charge on any atom is -0.508 e. The fraction of sp³-hybridized carbons (Fsp3) is 0.538. The summed E-state index contributed by atoms with van der Waals surface area (Å²) in [5.41, 5.74) is 9.25. The maximum atomic E-state index is 9.80. The number of hydrogen-bond acceptors (Lipinski definition) is 2. The lowest BCUT2D eigenvalue weighted by Crippen LogP contribution is -2.11. The highest BCUT2D eigenvalue weighted by molar-refractivity contribution is 5.44. The van der Waals surface area contributed by atoms with E-state index >= 15 is 0 Å². The number of phenols is 1. The van der Waals surface area contributed by atoms with Crippen LogP contribution in [0.5, 0.6) is 5.75 Å². The lowest BCUT2D eigenvalue weighted by Gasteiger charge is -2.17. The van der Waals surface area contributed by atoms with Crippen molar-refractivity contribution < 1.29 is 5.11 Å². The molecular formula is C13H21NO. The van der Waals surface area contributed by atoms with E-state index in [1.165, 1.54) is 0 Å². The number of rotatable bonds is 3. The van der Waals surface area contributed by atoms with Crippen molar-refractivity contribution in [2.75, 3.05) is 0 Å². The maximum absolute atomic E-state index is 9.80. The van der Waals surface area contributed by atoms with Crippen LogP contribution in [-0.2, 0) is 0 Å². The minimum absolute atomic E-state index is 0.0723. The molecule has 1 rings (SSSR count). The molecule has 15 heavy (non-hydrogen) atoms. The Hall–Kier alpha value is -1.02. The van der Waals surface area contributed by atoms with Gasteiger partial charge in [-0.05, 0) is 42.0 Å². The second-order valence-corrected chi connectivity index (χ2v) is 4.44. The molecule has 1 aromatic carbocycles. The highest BCUT2D eigenvalue weighted by atomic mass is 16.3. The van der Waals surface area contributed by atoms with E-state index in [9.17, 15) is 5.11 Å².